The monoisotopic (exact) mass is 640 g/mol. The lowest BCUT2D eigenvalue weighted by atomic mass is 9.81. The van der Waals surface area contributed by atoms with Crippen LogP contribution >= 0.6 is 15.9 Å². The van der Waals surface area contributed by atoms with Crippen LogP contribution in [-0.4, -0.2) is 35.7 Å². The van der Waals surface area contributed by atoms with Crippen LogP contribution in [0.5, 0.6) is 5.75 Å². The predicted octanol–water partition coefficient (Wildman–Crippen LogP) is 6.80. The van der Waals surface area contributed by atoms with Crippen molar-refractivity contribution in [3.63, 3.8) is 0 Å². The molecule has 4 aromatic rings. The van der Waals surface area contributed by atoms with Crippen molar-refractivity contribution in [2.75, 3.05) is 18.6 Å². The van der Waals surface area contributed by atoms with Crippen LogP contribution in [-0.2, 0) is 16.0 Å². The van der Waals surface area contributed by atoms with Gasteiger partial charge in [-0.25, -0.2) is 4.99 Å². The van der Waals surface area contributed by atoms with Crippen molar-refractivity contribution in [1.82, 2.24) is 5.43 Å². The lowest BCUT2D eigenvalue weighted by molar-refractivity contribution is -0.128. The highest BCUT2D eigenvalue weighted by atomic mass is 79.9. The summed E-state index contributed by atoms with van der Waals surface area (Å²) in [6, 6.07) is 31.1. The second kappa shape index (κ2) is 13.9. The molecule has 0 fully saturated rings. The summed E-state index contributed by atoms with van der Waals surface area (Å²) in [6.07, 6.45) is -0.219. The SMILES string of the molecule is [N-]=[N+]=Nc1ccccc1C[C@]1(C(=O)NNc2ccccc2)N=C(c2ccc(OCCCO)cc2)O[C@H]1c1ccc(Br)cc1. The molecule has 0 unspecified atom stereocenters. The quantitative estimate of drug-likeness (QED) is 0.0514. The average molecular weight is 642 g/mol. The van der Waals surface area contributed by atoms with E-state index in [9.17, 15) is 10.3 Å². The molecule has 11 heteroatoms. The van der Waals surface area contributed by atoms with Crippen LogP contribution in [0.25, 0.3) is 10.4 Å². The Hall–Kier alpha value is -4.83. The highest BCUT2D eigenvalue weighted by Gasteiger charge is 2.53. The fourth-order valence-electron chi connectivity index (χ4n) is 4.77. The minimum Gasteiger partial charge on any atom is -0.494 e. The number of halogens is 1. The Morgan fingerprint density at radius 1 is 1.02 bits per heavy atom. The molecule has 1 heterocycles. The van der Waals surface area contributed by atoms with E-state index in [4.69, 9.17) is 19.6 Å². The number of carbonyl (C=O) groups excluding carboxylic acids is 1. The minimum atomic E-state index is -1.50. The number of nitrogens with zero attached hydrogens (tertiary/aromatic N) is 4. The van der Waals surface area contributed by atoms with Crippen molar-refractivity contribution >= 4 is 39.1 Å². The van der Waals surface area contributed by atoms with Gasteiger partial charge in [-0.05, 0) is 65.2 Å². The van der Waals surface area contributed by atoms with Gasteiger partial charge >= 0.3 is 0 Å². The van der Waals surface area contributed by atoms with Gasteiger partial charge in [-0.2, -0.15) is 0 Å². The number of aliphatic hydroxyl groups excluding tert-OH is 1. The van der Waals surface area contributed by atoms with Gasteiger partial charge in [0.15, 0.2) is 11.6 Å². The van der Waals surface area contributed by atoms with Crippen LogP contribution in [0.4, 0.5) is 11.4 Å². The van der Waals surface area contributed by atoms with E-state index < -0.39 is 17.6 Å². The van der Waals surface area contributed by atoms with Gasteiger partial charge in [0.05, 0.1) is 12.3 Å². The number of anilines is 1. The van der Waals surface area contributed by atoms with Gasteiger partial charge in [-0.3, -0.25) is 15.6 Å². The van der Waals surface area contributed by atoms with Crippen LogP contribution in [0.15, 0.2) is 118 Å². The molecule has 2 atom stereocenters. The van der Waals surface area contributed by atoms with Gasteiger partial charge in [0, 0.05) is 40.1 Å². The number of ether oxygens (including phenoxy) is 2. The number of nitrogens with one attached hydrogen (secondary N) is 2. The standard InChI is InChI=1S/C32H29BrN6O4/c33-25-15-11-22(12-16-25)29-32(21-24-7-4-5-10-28(24)37-39-34,31(41)38-36-26-8-2-1-3-9-26)35-30(43-29)23-13-17-27(18-14-23)42-20-6-19-40/h1-5,7-18,29,36,40H,6,19-21H2,(H,38,41)/t29-,32-/m0/s1. The Morgan fingerprint density at radius 2 is 1.74 bits per heavy atom. The minimum absolute atomic E-state index is 0.0479. The molecule has 5 rings (SSSR count). The number of rotatable bonds is 12. The summed E-state index contributed by atoms with van der Waals surface area (Å²) in [7, 11) is 0. The zero-order valence-corrected chi connectivity index (χ0v) is 24.6. The van der Waals surface area contributed by atoms with E-state index >= 15 is 0 Å². The second-order valence-electron chi connectivity index (χ2n) is 9.78. The van der Waals surface area contributed by atoms with Crippen molar-refractivity contribution in [2.24, 2.45) is 10.1 Å². The molecule has 0 spiro atoms. The zero-order chi connectivity index (χ0) is 30.1. The van der Waals surface area contributed by atoms with E-state index in [1.54, 1.807) is 24.3 Å². The molecule has 4 aromatic carbocycles. The first-order chi connectivity index (χ1) is 21.0. The van der Waals surface area contributed by atoms with Crippen molar-refractivity contribution < 1.29 is 19.4 Å². The summed E-state index contributed by atoms with van der Waals surface area (Å²) in [5.74, 6) is 0.490. The summed E-state index contributed by atoms with van der Waals surface area (Å²) in [5.41, 5.74) is 16.7. The lowest BCUT2D eigenvalue weighted by Gasteiger charge is -2.31. The molecule has 0 saturated heterocycles. The van der Waals surface area contributed by atoms with Gasteiger partial charge in [0.25, 0.3) is 5.91 Å². The normalized spacial score (nSPS) is 17.3. The molecule has 0 radical (unpaired) electrons. The maximum atomic E-state index is 14.3. The molecular formula is C32H29BrN6O4. The summed E-state index contributed by atoms with van der Waals surface area (Å²) in [5, 5.41) is 12.9. The average Bonchev–Trinajstić information content (AvgIpc) is 3.42. The molecular weight excluding hydrogens is 612 g/mol. The first kappa shape index (κ1) is 29.7. The molecule has 0 aliphatic carbocycles. The topological polar surface area (TPSA) is 141 Å². The third-order valence-electron chi connectivity index (χ3n) is 6.90. The maximum absolute atomic E-state index is 14.3. The number of hydrazine groups is 1. The van der Waals surface area contributed by atoms with Crippen molar-refractivity contribution in [3.05, 3.63) is 135 Å². The van der Waals surface area contributed by atoms with Gasteiger partial charge in [-0.15, -0.1) is 0 Å². The number of hydrogen-bond donors (Lipinski definition) is 3. The molecule has 218 valence electrons. The summed E-state index contributed by atoms with van der Waals surface area (Å²) < 4.78 is 13.1. The number of aliphatic imine (C=N–C) groups is 1. The van der Waals surface area contributed by atoms with Crippen LogP contribution < -0.4 is 15.6 Å². The predicted molar refractivity (Wildman–Crippen MR) is 168 cm³/mol. The lowest BCUT2D eigenvalue weighted by Crippen LogP contribution is -2.51. The molecule has 0 bridgehead atoms. The third-order valence-corrected chi connectivity index (χ3v) is 7.43. The van der Waals surface area contributed by atoms with E-state index in [1.807, 2.05) is 78.9 Å². The van der Waals surface area contributed by atoms with Gasteiger partial charge < -0.3 is 14.6 Å². The molecule has 0 saturated carbocycles. The largest absolute Gasteiger partial charge is 0.494 e. The Morgan fingerprint density at radius 3 is 2.47 bits per heavy atom. The molecule has 1 amide bonds. The van der Waals surface area contributed by atoms with Crippen LogP contribution in [0.1, 0.15) is 29.2 Å². The fraction of sp³-hybridized carbons (Fsp3) is 0.188. The first-order valence-corrected chi connectivity index (χ1v) is 14.4. The van der Waals surface area contributed by atoms with Crippen molar-refractivity contribution in [2.45, 2.75) is 24.5 Å². The van der Waals surface area contributed by atoms with Crippen LogP contribution in [0.2, 0.25) is 0 Å². The summed E-state index contributed by atoms with van der Waals surface area (Å²) in [4.78, 5) is 22.3. The molecule has 1 aliphatic heterocycles. The number of aliphatic hydroxyl groups is 1. The van der Waals surface area contributed by atoms with Crippen LogP contribution in [0.3, 0.4) is 0 Å². The smallest absolute Gasteiger partial charge is 0.270 e. The second-order valence-corrected chi connectivity index (χ2v) is 10.7. The highest BCUT2D eigenvalue weighted by Crippen LogP contribution is 2.44. The number of hydrogen-bond acceptors (Lipinski definition) is 7. The van der Waals surface area contributed by atoms with Crippen molar-refractivity contribution in [3.8, 4) is 5.75 Å². The third kappa shape index (κ3) is 6.98. The van der Waals surface area contributed by atoms with Crippen LogP contribution in [0, 0.1) is 0 Å². The van der Waals surface area contributed by atoms with E-state index in [1.165, 1.54) is 0 Å². The van der Waals surface area contributed by atoms with Gasteiger partial charge in [-0.1, -0.05) is 75.6 Å². The number of benzene rings is 4. The number of azide groups is 1. The molecule has 1 aliphatic rings. The Kier molecular flexibility index (Phi) is 9.58. The highest BCUT2D eigenvalue weighted by molar-refractivity contribution is 9.10. The van der Waals surface area contributed by atoms with Gasteiger partial charge in [0.2, 0.25) is 5.90 Å². The fourth-order valence-corrected chi connectivity index (χ4v) is 5.04. The maximum Gasteiger partial charge on any atom is 0.270 e. The number of para-hydroxylation sites is 1. The number of amides is 1. The summed E-state index contributed by atoms with van der Waals surface area (Å²) in [6.45, 7) is 0.438. The molecule has 43 heavy (non-hydrogen) atoms. The van der Waals surface area contributed by atoms with E-state index in [2.05, 4.69) is 36.8 Å². The zero-order valence-electron chi connectivity index (χ0n) is 23.1. The van der Waals surface area contributed by atoms with Gasteiger partial charge in [0.1, 0.15) is 5.75 Å². The summed E-state index contributed by atoms with van der Waals surface area (Å²) >= 11 is 3.49. The van der Waals surface area contributed by atoms with E-state index in [0.717, 1.165) is 10.0 Å². The van der Waals surface area contributed by atoms with Crippen molar-refractivity contribution in [1.29, 1.82) is 0 Å². The molecule has 10 nitrogen and oxygen atoms in total. The Balaban J connectivity index is 1.59. The molecule has 0 aromatic heterocycles. The van der Waals surface area contributed by atoms with E-state index in [0.29, 0.717) is 41.3 Å². The Labute approximate surface area is 257 Å². The number of carbonyl (C=O) groups is 1. The first-order valence-electron chi connectivity index (χ1n) is 13.6. The van der Waals surface area contributed by atoms with E-state index in [-0.39, 0.29) is 18.9 Å². The Bertz CT molecular complexity index is 1630. The molecule has 3 N–H and O–H groups in total.